The van der Waals surface area contributed by atoms with Gasteiger partial charge in [-0.2, -0.15) is 0 Å². The summed E-state index contributed by atoms with van der Waals surface area (Å²) in [6, 6.07) is 0.939. The van der Waals surface area contributed by atoms with Gasteiger partial charge >= 0.3 is 6.03 Å². The number of fused-ring (bicyclic) bond motifs is 2. The van der Waals surface area contributed by atoms with Gasteiger partial charge in [0.15, 0.2) is 5.82 Å². The van der Waals surface area contributed by atoms with Crippen LogP contribution in [0.15, 0.2) is 18.5 Å². The molecule has 2 aromatic rings. The Balaban J connectivity index is 1.92. The zero-order valence-electron chi connectivity index (χ0n) is 12.5. The molecule has 4 rings (SSSR count). The molecule has 2 aliphatic heterocycles. The van der Waals surface area contributed by atoms with E-state index in [9.17, 15) is 9.18 Å². The molecular formula is C15H14ClFN4OS. The zero-order chi connectivity index (χ0) is 16.3. The Labute approximate surface area is 141 Å². The van der Waals surface area contributed by atoms with Gasteiger partial charge in [0, 0.05) is 13.1 Å². The summed E-state index contributed by atoms with van der Waals surface area (Å²) in [6.45, 7) is 7.16. The summed E-state index contributed by atoms with van der Waals surface area (Å²) < 4.78 is 15.3. The second kappa shape index (κ2) is 5.07. The number of hydrogen-bond donors (Lipinski definition) is 0. The van der Waals surface area contributed by atoms with Gasteiger partial charge in [-0.1, -0.05) is 18.2 Å². The topological polar surface area (TPSA) is 39.7 Å². The van der Waals surface area contributed by atoms with Crippen LogP contribution in [0, 0.1) is 12.7 Å². The lowest BCUT2D eigenvalue weighted by Crippen LogP contribution is -2.43. The van der Waals surface area contributed by atoms with Gasteiger partial charge in [0.1, 0.15) is 17.0 Å². The lowest BCUT2D eigenvalue weighted by Gasteiger charge is -2.32. The van der Waals surface area contributed by atoms with E-state index in [0.717, 1.165) is 17.8 Å². The molecule has 0 radical (unpaired) electrons. The van der Waals surface area contributed by atoms with E-state index in [2.05, 4.69) is 11.6 Å². The number of nitrogens with zero attached hydrogens (tertiary/aromatic N) is 4. The predicted octanol–water partition coefficient (Wildman–Crippen LogP) is 4.12. The Hall–Kier alpha value is -1.86. The van der Waals surface area contributed by atoms with E-state index < -0.39 is 5.82 Å². The Bertz CT molecular complexity index is 828. The molecule has 0 N–H and O–H groups in total. The molecule has 1 aromatic heterocycles. The molecule has 0 aliphatic carbocycles. The SMILES string of the molecule is C=C1N(c2c(F)cc(Cl)c3nc(C)sc23)C(=O)N2CCCCN12. The van der Waals surface area contributed by atoms with E-state index >= 15 is 0 Å². The number of carbonyl (C=O) groups excluding carboxylic acids is 1. The first-order valence-corrected chi connectivity index (χ1v) is 8.51. The maximum absolute atomic E-state index is 14.7. The third-order valence-electron chi connectivity index (χ3n) is 4.13. The molecular weight excluding hydrogens is 339 g/mol. The molecule has 1 aromatic carbocycles. The molecule has 0 saturated carbocycles. The van der Waals surface area contributed by atoms with Gasteiger partial charge in [-0.15, -0.1) is 11.3 Å². The van der Waals surface area contributed by atoms with Crippen molar-refractivity contribution in [3.8, 4) is 0 Å². The smallest absolute Gasteiger partial charge is 0.266 e. The highest BCUT2D eigenvalue weighted by atomic mass is 35.5. The molecule has 5 nitrogen and oxygen atoms in total. The second-order valence-corrected chi connectivity index (χ2v) is 7.20. The molecule has 8 heteroatoms. The van der Waals surface area contributed by atoms with Crippen LogP contribution < -0.4 is 4.90 Å². The average Bonchev–Trinajstić information content (AvgIpc) is 3.02. The molecule has 23 heavy (non-hydrogen) atoms. The molecule has 120 valence electrons. The van der Waals surface area contributed by atoms with Crippen LogP contribution >= 0.6 is 22.9 Å². The summed E-state index contributed by atoms with van der Waals surface area (Å²) in [5.41, 5.74) is 0.713. The van der Waals surface area contributed by atoms with Crippen LogP contribution in [0.5, 0.6) is 0 Å². The molecule has 3 heterocycles. The number of aryl methyl sites for hydroxylation is 1. The highest BCUT2D eigenvalue weighted by Gasteiger charge is 2.42. The number of thiazole rings is 1. The molecule has 2 amide bonds. The Morgan fingerprint density at radius 3 is 2.74 bits per heavy atom. The summed E-state index contributed by atoms with van der Waals surface area (Å²) in [4.78, 5) is 18.5. The van der Waals surface area contributed by atoms with Crippen molar-refractivity contribution < 1.29 is 9.18 Å². The summed E-state index contributed by atoms with van der Waals surface area (Å²) in [5, 5.41) is 4.46. The van der Waals surface area contributed by atoms with Gasteiger partial charge < -0.3 is 0 Å². The van der Waals surface area contributed by atoms with Crippen LogP contribution in [0.25, 0.3) is 10.2 Å². The fraction of sp³-hybridized carbons (Fsp3) is 0.333. The normalized spacial score (nSPS) is 18.3. The predicted molar refractivity (Wildman–Crippen MR) is 89.0 cm³/mol. The largest absolute Gasteiger partial charge is 0.349 e. The number of hydrogen-bond acceptors (Lipinski definition) is 4. The Morgan fingerprint density at radius 1 is 1.35 bits per heavy atom. The molecule has 2 fully saturated rings. The van der Waals surface area contributed by atoms with E-state index in [1.54, 1.807) is 5.01 Å². The fourth-order valence-corrected chi connectivity index (χ4v) is 4.37. The molecule has 0 unspecified atom stereocenters. The quantitative estimate of drug-likeness (QED) is 0.775. The maximum Gasteiger partial charge on any atom is 0.349 e. The van der Waals surface area contributed by atoms with Crippen molar-refractivity contribution in [1.29, 1.82) is 0 Å². The van der Waals surface area contributed by atoms with E-state index in [1.165, 1.54) is 22.3 Å². The van der Waals surface area contributed by atoms with Crippen molar-refractivity contribution in [3.63, 3.8) is 0 Å². The van der Waals surface area contributed by atoms with Crippen LogP contribution in [0.2, 0.25) is 5.02 Å². The minimum Gasteiger partial charge on any atom is -0.266 e. The first kappa shape index (κ1) is 14.7. The van der Waals surface area contributed by atoms with E-state index in [1.807, 2.05) is 11.9 Å². The van der Waals surface area contributed by atoms with Crippen molar-refractivity contribution in [2.75, 3.05) is 18.0 Å². The van der Waals surface area contributed by atoms with Gasteiger partial charge in [0.2, 0.25) is 0 Å². The number of urea groups is 1. The standard InChI is InChI=1S/C15H14ClFN4OS/c1-8-18-12-10(16)7-11(17)13(14(12)23-8)21-9(2)19-5-3-4-6-20(19)15(21)22/h7H,2-6H2,1H3. The lowest BCUT2D eigenvalue weighted by molar-refractivity contribution is 0.0500. The first-order chi connectivity index (χ1) is 11.0. The minimum atomic E-state index is -0.540. The fourth-order valence-electron chi connectivity index (χ4n) is 3.11. The van der Waals surface area contributed by atoms with Crippen molar-refractivity contribution >= 4 is 44.9 Å². The van der Waals surface area contributed by atoms with Gasteiger partial charge in [-0.25, -0.2) is 24.1 Å². The third-order valence-corrected chi connectivity index (χ3v) is 5.39. The number of aromatic nitrogens is 1. The number of benzene rings is 1. The highest BCUT2D eigenvalue weighted by molar-refractivity contribution is 7.19. The molecule has 0 atom stereocenters. The Kier molecular flexibility index (Phi) is 3.24. The lowest BCUT2D eigenvalue weighted by atomic mass is 10.2. The third kappa shape index (κ3) is 2.03. The summed E-state index contributed by atoms with van der Waals surface area (Å²) in [6.07, 6.45) is 1.91. The van der Waals surface area contributed by atoms with Gasteiger partial charge in [-0.3, -0.25) is 5.01 Å². The number of anilines is 1. The van der Waals surface area contributed by atoms with Gasteiger partial charge in [0.25, 0.3) is 0 Å². The van der Waals surface area contributed by atoms with Crippen molar-refractivity contribution in [2.24, 2.45) is 0 Å². The van der Waals surface area contributed by atoms with Crippen LogP contribution in [-0.2, 0) is 0 Å². The zero-order valence-corrected chi connectivity index (χ0v) is 14.0. The molecule has 0 spiro atoms. The van der Waals surface area contributed by atoms with Crippen LogP contribution in [-0.4, -0.2) is 34.1 Å². The molecule has 0 bridgehead atoms. The molecule has 2 aliphatic rings. The number of rotatable bonds is 1. The number of amides is 2. The van der Waals surface area contributed by atoms with E-state index in [-0.39, 0.29) is 16.7 Å². The maximum atomic E-state index is 14.7. The van der Waals surface area contributed by atoms with Crippen LogP contribution in [0.3, 0.4) is 0 Å². The van der Waals surface area contributed by atoms with E-state index in [0.29, 0.717) is 29.1 Å². The monoisotopic (exact) mass is 352 g/mol. The minimum absolute atomic E-state index is 0.194. The van der Waals surface area contributed by atoms with Gasteiger partial charge in [-0.05, 0) is 25.8 Å². The highest BCUT2D eigenvalue weighted by Crippen LogP contribution is 2.42. The van der Waals surface area contributed by atoms with Crippen LogP contribution in [0.4, 0.5) is 14.9 Å². The van der Waals surface area contributed by atoms with Crippen molar-refractivity contribution in [1.82, 2.24) is 15.0 Å². The average molecular weight is 353 g/mol. The number of hydrazine groups is 1. The summed E-state index contributed by atoms with van der Waals surface area (Å²) in [7, 11) is 0. The van der Waals surface area contributed by atoms with Gasteiger partial charge in [0.05, 0.1) is 14.7 Å². The van der Waals surface area contributed by atoms with E-state index in [4.69, 9.17) is 11.6 Å². The first-order valence-electron chi connectivity index (χ1n) is 7.32. The Morgan fingerprint density at radius 2 is 2.04 bits per heavy atom. The van der Waals surface area contributed by atoms with Crippen molar-refractivity contribution in [3.05, 3.63) is 34.3 Å². The van der Waals surface area contributed by atoms with Crippen LogP contribution in [0.1, 0.15) is 17.8 Å². The number of carbonyl (C=O) groups is 1. The summed E-state index contributed by atoms with van der Waals surface area (Å²) >= 11 is 7.43. The summed E-state index contributed by atoms with van der Waals surface area (Å²) in [5.74, 6) is -0.0648. The molecule has 2 saturated heterocycles. The van der Waals surface area contributed by atoms with Crippen molar-refractivity contribution in [2.45, 2.75) is 19.8 Å². The second-order valence-electron chi connectivity index (χ2n) is 5.59. The number of halogens is 2.